The van der Waals surface area contributed by atoms with Crippen LogP contribution in [0.1, 0.15) is 25.1 Å². The van der Waals surface area contributed by atoms with Gasteiger partial charge >= 0.3 is 0 Å². The molecule has 2 aromatic heterocycles. The molecule has 0 saturated carbocycles. The van der Waals surface area contributed by atoms with Crippen LogP contribution in [0.25, 0.3) is 11.2 Å². The molecule has 3 aromatic rings. The van der Waals surface area contributed by atoms with Gasteiger partial charge in [0, 0.05) is 13.0 Å². The minimum Gasteiger partial charge on any atom is -0.394 e. The number of benzene rings is 1. The molecule has 0 aliphatic carbocycles. The Kier molecular flexibility index (Phi) is 6.23. The molecule has 0 radical (unpaired) electrons. The van der Waals surface area contributed by atoms with E-state index in [1.807, 2.05) is 30.3 Å². The van der Waals surface area contributed by atoms with Crippen LogP contribution < -0.4 is 4.90 Å². The first-order valence-corrected chi connectivity index (χ1v) is 10.2. The van der Waals surface area contributed by atoms with Crippen molar-refractivity contribution in [2.75, 3.05) is 18.1 Å². The number of aromatic nitrogens is 4. The fourth-order valence-corrected chi connectivity index (χ4v) is 3.76. The van der Waals surface area contributed by atoms with Gasteiger partial charge in [-0.15, -0.1) is 0 Å². The maximum Gasteiger partial charge on any atom is 0.227 e. The minimum absolute atomic E-state index is 0.0987. The van der Waals surface area contributed by atoms with Crippen LogP contribution in [0.4, 0.5) is 5.82 Å². The highest BCUT2D eigenvalue weighted by Gasteiger charge is 2.44. The molecule has 3 heterocycles. The molecule has 4 rings (SSSR count). The molecule has 0 unspecified atom stereocenters. The Morgan fingerprint density at radius 1 is 1.16 bits per heavy atom. The topological polar surface area (TPSA) is 134 Å². The van der Waals surface area contributed by atoms with Crippen LogP contribution in [0.15, 0.2) is 43.0 Å². The number of carbonyl (C=O) groups excluding carboxylic acids is 1. The summed E-state index contributed by atoms with van der Waals surface area (Å²) in [5, 5.41) is 29.8. The Bertz CT molecular complexity index is 1040. The molecule has 10 heteroatoms. The highest BCUT2D eigenvalue weighted by Crippen LogP contribution is 2.32. The molecule has 1 aromatic carbocycles. The Hall–Kier alpha value is -2.92. The zero-order valence-electron chi connectivity index (χ0n) is 17.1. The smallest absolute Gasteiger partial charge is 0.227 e. The zero-order valence-corrected chi connectivity index (χ0v) is 17.1. The van der Waals surface area contributed by atoms with Crippen molar-refractivity contribution < 1.29 is 24.9 Å². The first-order chi connectivity index (χ1) is 15.0. The van der Waals surface area contributed by atoms with E-state index in [0.717, 1.165) is 5.56 Å². The third kappa shape index (κ3) is 4.02. The van der Waals surface area contributed by atoms with E-state index in [1.165, 1.54) is 17.2 Å². The second-order valence-electron chi connectivity index (χ2n) is 7.38. The number of hydrogen-bond donors (Lipinski definition) is 3. The van der Waals surface area contributed by atoms with Crippen molar-refractivity contribution in [2.24, 2.45) is 0 Å². The highest BCUT2D eigenvalue weighted by atomic mass is 16.6. The zero-order chi connectivity index (χ0) is 22.0. The van der Waals surface area contributed by atoms with Gasteiger partial charge in [-0.25, -0.2) is 15.0 Å². The van der Waals surface area contributed by atoms with Gasteiger partial charge < -0.3 is 20.1 Å². The van der Waals surface area contributed by atoms with Gasteiger partial charge in [-0.3, -0.25) is 14.3 Å². The number of aliphatic hydroxyl groups excluding tert-OH is 3. The standard InChI is InChI=1S/C21H25N5O5/c1-2-15(28)25(9-8-13-6-4-3-5-7-13)19-16-20(23-11-22-19)26(12-24-16)21-18(30)17(29)14(10-27)31-21/h3-7,11-12,14,17-18,21,27,29-30H,2,8-10H2,1H3/t14-,17-,18-,21-/m1/s1. The van der Waals surface area contributed by atoms with Crippen molar-refractivity contribution in [1.29, 1.82) is 0 Å². The lowest BCUT2D eigenvalue weighted by Crippen LogP contribution is -2.33. The summed E-state index contributed by atoms with van der Waals surface area (Å²) < 4.78 is 7.08. The first-order valence-electron chi connectivity index (χ1n) is 10.2. The van der Waals surface area contributed by atoms with E-state index >= 15 is 0 Å². The summed E-state index contributed by atoms with van der Waals surface area (Å²) >= 11 is 0. The Morgan fingerprint density at radius 3 is 2.61 bits per heavy atom. The number of nitrogens with zero attached hydrogens (tertiary/aromatic N) is 5. The van der Waals surface area contributed by atoms with E-state index in [0.29, 0.717) is 36.4 Å². The molecule has 0 spiro atoms. The molecule has 31 heavy (non-hydrogen) atoms. The van der Waals surface area contributed by atoms with Crippen LogP contribution in [-0.2, 0) is 16.0 Å². The van der Waals surface area contributed by atoms with Gasteiger partial charge in [-0.1, -0.05) is 37.3 Å². The predicted octanol–water partition coefficient (Wildman–Crippen LogP) is 0.423. The summed E-state index contributed by atoms with van der Waals surface area (Å²) in [6.45, 7) is 1.78. The molecule has 164 valence electrons. The van der Waals surface area contributed by atoms with Crippen molar-refractivity contribution in [3.63, 3.8) is 0 Å². The van der Waals surface area contributed by atoms with Crippen LogP contribution in [0, 0.1) is 0 Å². The Balaban J connectivity index is 1.67. The number of imidazole rings is 1. The summed E-state index contributed by atoms with van der Waals surface area (Å²) in [4.78, 5) is 27.3. The molecule has 1 aliphatic heterocycles. The quantitative estimate of drug-likeness (QED) is 0.494. The maximum atomic E-state index is 12.7. The van der Waals surface area contributed by atoms with Gasteiger partial charge in [0.05, 0.1) is 12.9 Å². The highest BCUT2D eigenvalue weighted by molar-refractivity contribution is 5.98. The monoisotopic (exact) mass is 427 g/mol. The van der Waals surface area contributed by atoms with Gasteiger partial charge in [-0.05, 0) is 12.0 Å². The van der Waals surface area contributed by atoms with Gasteiger partial charge in [0.2, 0.25) is 5.91 Å². The number of hydrogen-bond acceptors (Lipinski definition) is 8. The molecule has 1 saturated heterocycles. The Morgan fingerprint density at radius 2 is 1.94 bits per heavy atom. The maximum absolute atomic E-state index is 12.7. The summed E-state index contributed by atoms with van der Waals surface area (Å²) in [6, 6.07) is 9.85. The second kappa shape index (κ2) is 9.06. The van der Waals surface area contributed by atoms with E-state index in [-0.39, 0.29) is 5.91 Å². The van der Waals surface area contributed by atoms with Crippen molar-refractivity contribution in [2.45, 2.75) is 44.3 Å². The van der Waals surface area contributed by atoms with Crippen LogP contribution in [-0.4, -0.2) is 72.2 Å². The van der Waals surface area contributed by atoms with Crippen molar-refractivity contribution in [1.82, 2.24) is 19.5 Å². The lowest BCUT2D eigenvalue weighted by Gasteiger charge is -2.22. The summed E-state index contributed by atoms with van der Waals surface area (Å²) in [5.74, 6) is 0.275. The molecule has 4 atom stereocenters. The lowest BCUT2D eigenvalue weighted by molar-refractivity contribution is -0.118. The third-order valence-electron chi connectivity index (χ3n) is 5.46. The number of ether oxygens (including phenoxy) is 1. The van der Waals surface area contributed by atoms with Crippen molar-refractivity contribution in [3.8, 4) is 0 Å². The number of anilines is 1. The fourth-order valence-electron chi connectivity index (χ4n) is 3.76. The molecule has 1 aliphatic rings. The number of amides is 1. The number of carbonyl (C=O) groups is 1. The number of aliphatic hydroxyl groups is 3. The van der Waals surface area contributed by atoms with Gasteiger partial charge in [0.15, 0.2) is 23.2 Å². The van der Waals surface area contributed by atoms with Crippen LogP contribution in [0.3, 0.4) is 0 Å². The molecular formula is C21H25N5O5. The summed E-state index contributed by atoms with van der Waals surface area (Å²) in [5.41, 5.74) is 1.84. The van der Waals surface area contributed by atoms with Gasteiger partial charge in [0.1, 0.15) is 24.6 Å². The first kappa shape index (κ1) is 21.3. The lowest BCUT2D eigenvalue weighted by atomic mass is 10.1. The average Bonchev–Trinajstić information content (AvgIpc) is 3.35. The van der Waals surface area contributed by atoms with Crippen molar-refractivity contribution >= 4 is 22.9 Å². The normalized spacial score (nSPS) is 23.4. The molecular weight excluding hydrogens is 402 g/mol. The summed E-state index contributed by atoms with van der Waals surface area (Å²) in [6.07, 6.45) is -0.687. The van der Waals surface area contributed by atoms with Gasteiger partial charge in [-0.2, -0.15) is 0 Å². The van der Waals surface area contributed by atoms with E-state index in [1.54, 1.807) is 11.8 Å². The van der Waals surface area contributed by atoms with Crippen LogP contribution in [0.2, 0.25) is 0 Å². The van der Waals surface area contributed by atoms with E-state index in [9.17, 15) is 20.1 Å². The molecule has 3 N–H and O–H groups in total. The predicted molar refractivity (Wildman–Crippen MR) is 111 cm³/mol. The number of rotatable bonds is 7. The Labute approximate surface area is 178 Å². The molecule has 0 bridgehead atoms. The van der Waals surface area contributed by atoms with Crippen molar-refractivity contribution in [3.05, 3.63) is 48.5 Å². The van der Waals surface area contributed by atoms with Gasteiger partial charge in [0.25, 0.3) is 0 Å². The molecule has 10 nitrogen and oxygen atoms in total. The largest absolute Gasteiger partial charge is 0.394 e. The SMILES string of the molecule is CCC(=O)N(CCc1ccccc1)c1ncnc2c1ncn2[C@@H]1O[C@H](CO)[C@@H](O)[C@H]1O. The third-order valence-corrected chi connectivity index (χ3v) is 5.46. The van der Waals surface area contributed by atoms with Crippen LogP contribution >= 0.6 is 0 Å². The van der Waals surface area contributed by atoms with E-state index < -0.39 is 31.1 Å². The second-order valence-corrected chi connectivity index (χ2v) is 7.38. The van der Waals surface area contributed by atoms with E-state index in [2.05, 4.69) is 15.0 Å². The number of fused-ring (bicyclic) bond motifs is 1. The van der Waals surface area contributed by atoms with E-state index in [4.69, 9.17) is 4.74 Å². The fraction of sp³-hybridized carbons (Fsp3) is 0.429. The molecule has 1 amide bonds. The summed E-state index contributed by atoms with van der Waals surface area (Å²) in [7, 11) is 0. The average molecular weight is 427 g/mol. The minimum atomic E-state index is -1.26. The molecule has 1 fully saturated rings. The van der Waals surface area contributed by atoms with Crippen LogP contribution in [0.5, 0.6) is 0 Å².